The molecule has 0 aromatic heterocycles. The van der Waals surface area contributed by atoms with Crippen LogP contribution >= 0.6 is 0 Å². The SMILES string of the molecule is COC(=O)[C@@H]1[C@H]2C=C[C@H](C2)N1[C@H](C)c1ccccc1. The van der Waals surface area contributed by atoms with Crippen LogP contribution in [-0.2, 0) is 9.53 Å². The molecule has 0 spiro atoms. The van der Waals surface area contributed by atoms with Gasteiger partial charge in [0.2, 0.25) is 0 Å². The molecule has 3 rings (SSSR count). The number of fused-ring (bicyclic) bond motifs is 2. The van der Waals surface area contributed by atoms with Gasteiger partial charge in [-0.15, -0.1) is 0 Å². The first-order valence-electron chi connectivity index (χ1n) is 6.81. The van der Waals surface area contributed by atoms with Crippen LogP contribution < -0.4 is 0 Å². The zero-order valence-corrected chi connectivity index (χ0v) is 11.3. The Bertz CT molecular complexity index is 497. The van der Waals surface area contributed by atoms with E-state index in [1.165, 1.54) is 12.7 Å². The van der Waals surface area contributed by atoms with E-state index in [4.69, 9.17) is 4.74 Å². The number of carbonyl (C=O) groups excluding carboxylic acids is 1. The maximum atomic E-state index is 12.1. The molecule has 1 aromatic carbocycles. The largest absolute Gasteiger partial charge is 0.468 e. The number of nitrogens with zero attached hydrogens (tertiary/aromatic N) is 1. The molecular weight excluding hydrogens is 238 g/mol. The summed E-state index contributed by atoms with van der Waals surface area (Å²) in [4.78, 5) is 14.3. The molecule has 2 aliphatic rings. The van der Waals surface area contributed by atoms with Crippen molar-refractivity contribution in [2.75, 3.05) is 7.11 Å². The highest BCUT2D eigenvalue weighted by Crippen LogP contribution is 2.42. The van der Waals surface area contributed by atoms with Crippen molar-refractivity contribution in [2.45, 2.75) is 31.5 Å². The molecule has 4 atom stereocenters. The van der Waals surface area contributed by atoms with Crippen molar-refractivity contribution in [2.24, 2.45) is 5.92 Å². The van der Waals surface area contributed by atoms with E-state index in [-0.39, 0.29) is 18.1 Å². The van der Waals surface area contributed by atoms with E-state index in [2.05, 4.69) is 36.1 Å². The van der Waals surface area contributed by atoms with Gasteiger partial charge in [0.25, 0.3) is 0 Å². The Labute approximate surface area is 113 Å². The predicted molar refractivity (Wildman–Crippen MR) is 73.5 cm³/mol. The standard InChI is InChI=1S/C16H19NO2/c1-11(12-6-4-3-5-7-12)17-14-9-8-13(10-14)15(17)16(18)19-2/h3-9,11,13-15H,10H2,1-2H3/t11-,13+,14-,15+/m1/s1. The Morgan fingerprint density at radius 3 is 2.74 bits per heavy atom. The summed E-state index contributed by atoms with van der Waals surface area (Å²) in [5.74, 6) is 0.197. The highest BCUT2D eigenvalue weighted by molar-refractivity contribution is 5.77. The van der Waals surface area contributed by atoms with Crippen LogP contribution in [0.1, 0.15) is 24.9 Å². The van der Waals surface area contributed by atoms with Gasteiger partial charge in [-0.05, 0) is 18.9 Å². The third-order valence-corrected chi connectivity index (χ3v) is 4.38. The molecule has 1 aliphatic carbocycles. The molecular formula is C16H19NO2. The van der Waals surface area contributed by atoms with E-state index in [0.29, 0.717) is 12.0 Å². The second kappa shape index (κ2) is 4.82. The molecule has 1 fully saturated rings. The van der Waals surface area contributed by atoms with Crippen LogP contribution in [-0.4, -0.2) is 30.1 Å². The average molecular weight is 257 g/mol. The van der Waals surface area contributed by atoms with Crippen molar-refractivity contribution in [1.82, 2.24) is 4.90 Å². The van der Waals surface area contributed by atoms with Crippen molar-refractivity contribution in [1.29, 1.82) is 0 Å². The molecule has 100 valence electrons. The van der Waals surface area contributed by atoms with E-state index in [9.17, 15) is 4.79 Å². The van der Waals surface area contributed by atoms with Gasteiger partial charge in [-0.2, -0.15) is 0 Å². The molecule has 3 nitrogen and oxygen atoms in total. The van der Waals surface area contributed by atoms with Crippen LogP contribution in [0.15, 0.2) is 42.5 Å². The third kappa shape index (κ3) is 1.98. The summed E-state index contributed by atoms with van der Waals surface area (Å²) in [6.07, 6.45) is 5.43. The fourth-order valence-electron chi connectivity index (χ4n) is 3.44. The minimum atomic E-state index is -0.129. The first kappa shape index (κ1) is 12.4. The van der Waals surface area contributed by atoms with Crippen molar-refractivity contribution in [3.8, 4) is 0 Å². The topological polar surface area (TPSA) is 29.5 Å². The molecule has 1 saturated heterocycles. The summed E-state index contributed by atoms with van der Waals surface area (Å²) < 4.78 is 4.99. The minimum Gasteiger partial charge on any atom is -0.468 e. The van der Waals surface area contributed by atoms with Crippen molar-refractivity contribution >= 4 is 5.97 Å². The van der Waals surface area contributed by atoms with E-state index in [1.54, 1.807) is 0 Å². The van der Waals surface area contributed by atoms with Gasteiger partial charge in [0, 0.05) is 18.0 Å². The number of hydrogen-bond donors (Lipinski definition) is 0. The molecule has 0 N–H and O–H groups in total. The average Bonchev–Trinajstić information content (AvgIpc) is 3.07. The summed E-state index contributed by atoms with van der Waals surface area (Å²) >= 11 is 0. The zero-order chi connectivity index (χ0) is 13.4. The Morgan fingerprint density at radius 2 is 2.05 bits per heavy atom. The molecule has 0 saturated carbocycles. The lowest BCUT2D eigenvalue weighted by molar-refractivity contribution is -0.148. The number of rotatable bonds is 3. The smallest absolute Gasteiger partial charge is 0.323 e. The maximum absolute atomic E-state index is 12.1. The molecule has 0 amide bonds. The van der Waals surface area contributed by atoms with E-state index in [1.807, 2.05) is 18.2 Å². The highest BCUT2D eigenvalue weighted by atomic mass is 16.5. The van der Waals surface area contributed by atoms with Gasteiger partial charge in [0.05, 0.1) is 7.11 Å². The van der Waals surface area contributed by atoms with E-state index in [0.717, 1.165) is 6.42 Å². The van der Waals surface area contributed by atoms with Gasteiger partial charge < -0.3 is 4.74 Å². The van der Waals surface area contributed by atoms with Gasteiger partial charge >= 0.3 is 5.97 Å². The van der Waals surface area contributed by atoms with Crippen LogP contribution in [0.4, 0.5) is 0 Å². The number of carbonyl (C=O) groups is 1. The van der Waals surface area contributed by atoms with Crippen LogP contribution in [0, 0.1) is 5.92 Å². The van der Waals surface area contributed by atoms with Crippen molar-refractivity contribution < 1.29 is 9.53 Å². The maximum Gasteiger partial charge on any atom is 0.323 e. The normalized spacial score (nSPS) is 30.5. The molecule has 0 radical (unpaired) electrons. The first-order valence-corrected chi connectivity index (χ1v) is 6.81. The molecule has 19 heavy (non-hydrogen) atoms. The molecule has 1 aliphatic heterocycles. The van der Waals surface area contributed by atoms with Gasteiger partial charge in [0.15, 0.2) is 0 Å². The Hall–Kier alpha value is -1.61. The molecule has 2 bridgehead atoms. The number of hydrogen-bond acceptors (Lipinski definition) is 3. The van der Waals surface area contributed by atoms with Gasteiger partial charge in [0.1, 0.15) is 6.04 Å². The van der Waals surface area contributed by atoms with Crippen molar-refractivity contribution in [3.63, 3.8) is 0 Å². The minimum absolute atomic E-state index is 0.111. The summed E-state index contributed by atoms with van der Waals surface area (Å²) in [7, 11) is 1.48. The van der Waals surface area contributed by atoms with Gasteiger partial charge in [-0.3, -0.25) is 9.69 Å². The van der Waals surface area contributed by atoms with Crippen LogP contribution in [0.2, 0.25) is 0 Å². The zero-order valence-electron chi connectivity index (χ0n) is 11.3. The quantitative estimate of drug-likeness (QED) is 0.615. The highest BCUT2D eigenvalue weighted by Gasteiger charge is 2.48. The number of methoxy groups -OCH3 is 1. The lowest BCUT2D eigenvalue weighted by Gasteiger charge is -2.35. The summed E-state index contributed by atoms with van der Waals surface area (Å²) in [5, 5.41) is 0. The van der Waals surface area contributed by atoms with E-state index >= 15 is 0 Å². The molecule has 3 heteroatoms. The lowest BCUT2D eigenvalue weighted by atomic mass is 9.99. The second-order valence-electron chi connectivity index (χ2n) is 5.35. The monoisotopic (exact) mass is 257 g/mol. The van der Waals surface area contributed by atoms with Crippen LogP contribution in [0.3, 0.4) is 0 Å². The molecule has 1 heterocycles. The summed E-state index contributed by atoms with van der Waals surface area (Å²) in [6, 6.07) is 10.8. The Kier molecular flexibility index (Phi) is 3.15. The van der Waals surface area contributed by atoms with E-state index < -0.39 is 0 Å². The first-order chi connectivity index (χ1) is 9.22. The molecule has 1 aromatic rings. The summed E-state index contributed by atoms with van der Waals surface area (Å²) in [6.45, 7) is 2.17. The van der Waals surface area contributed by atoms with Gasteiger partial charge in [-0.1, -0.05) is 42.5 Å². The fraction of sp³-hybridized carbons (Fsp3) is 0.438. The Balaban J connectivity index is 1.90. The van der Waals surface area contributed by atoms with Crippen molar-refractivity contribution in [3.05, 3.63) is 48.0 Å². The van der Waals surface area contributed by atoms with Gasteiger partial charge in [-0.25, -0.2) is 0 Å². The molecule has 0 unspecified atom stereocenters. The number of benzene rings is 1. The number of ether oxygens (including phenoxy) is 1. The predicted octanol–water partition coefficient (Wildman–Crippen LogP) is 2.55. The lowest BCUT2D eigenvalue weighted by Crippen LogP contribution is -2.45. The fourth-order valence-corrected chi connectivity index (χ4v) is 3.44. The number of likely N-dealkylation sites (tertiary alicyclic amines) is 1. The summed E-state index contributed by atoms with van der Waals surface area (Å²) in [5.41, 5.74) is 1.25. The van der Waals surface area contributed by atoms with Crippen LogP contribution in [0.5, 0.6) is 0 Å². The number of esters is 1. The second-order valence-corrected chi connectivity index (χ2v) is 5.35. The third-order valence-electron chi connectivity index (χ3n) is 4.38. The Morgan fingerprint density at radius 1 is 1.32 bits per heavy atom. The van der Waals surface area contributed by atoms with Crippen LogP contribution in [0.25, 0.3) is 0 Å².